The van der Waals surface area contributed by atoms with Crippen LogP contribution in [0.4, 0.5) is 0 Å². The van der Waals surface area contributed by atoms with Gasteiger partial charge in [0, 0.05) is 11.0 Å². The molecule has 0 saturated heterocycles. The van der Waals surface area contributed by atoms with Gasteiger partial charge >= 0.3 is 0 Å². The molecule has 0 aromatic heterocycles. The molecule has 1 aromatic carbocycles. The molecule has 1 N–H and O–H groups in total. The maximum atomic E-state index is 11.6. The molecule has 0 fully saturated rings. The fourth-order valence-electron chi connectivity index (χ4n) is 0.965. The Kier molecular flexibility index (Phi) is 4.50. The maximum Gasteiger partial charge on any atom is 0.240 e. The summed E-state index contributed by atoms with van der Waals surface area (Å²) in [7, 11) is -3.41. The Morgan fingerprint density at radius 2 is 1.93 bits per heavy atom. The third-order valence-corrected chi connectivity index (χ3v) is 3.70. The number of halogens is 1. The van der Waals surface area contributed by atoms with Crippen molar-refractivity contribution < 1.29 is 8.42 Å². The van der Waals surface area contributed by atoms with Crippen LogP contribution in [0.3, 0.4) is 0 Å². The molecule has 0 spiro atoms. The van der Waals surface area contributed by atoms with Gasteiger partial charge in [-0.1, -0.05) is 22.6 Å². The molecule has 15 heavy (non-hydrogen) atoms. The average molecular weight is 336 g/mol. The smallest absolute Gasteiger partial charge is 0.210 e. The van der Waals surface area contributed by atoms with E-state index in [2.05, 4.69) is 27.3 Å². The van der Waals surface area contributed by atoms with Crippen LogP contribution in [-0.4, -0.2) is 19.4 Å². The molecule has 4 nitrogen and oxygen atoms in total. The highest BCUT2D eigenvalue weighted by molar-refractivity contribution is 14.1. The van der Waals surface area contributed by atoms with Gasteiger partial charge in [0.15, 0.2) is 0 Å². The first-order valence-electron chi connectivity index (χ1n) is 4.16. The molecule has 80 valence electrons. The summed E-state index contributed by atoms with van der Waals surface area (Å²) in [4.78, 5) is 0.186. The van der Waals surface area contributed by atoms with E-state index in [1.165, 1.54) is 24.3 Å². The number of hydrogen-bond acceptors (Lipinski definition) is 3. The summed E-state index contributed by atoms with van der Waals surface area (Å²) in [6.45, 7) is 0.406. The summed E-state index contributed by atoms with van der Waals surface area (Å²) in [5.74, 6) is 0. The number of hydrogen-bond donors (Lipinski definition) is 1. The molecule has 0 heterocycles. The van der Waals surface area contributed by atoms with Crippen molar-refractivity contribution in [1.82, 2.24) is 4.72 Å². The molecule has 0 aliphatic rings. The van der Waals surface area contributed by atoms with Crippen molar-refractivity contribution >= 4 is 32.6 Å². The van der Waals surface area contributed by atoms with Gasteiger partial charge in [0.05, 0.1) is 16.5 Å². The molecule has 0 unspecified atom stereocenters. The van der Waals surface area contributed by atoms with Crippen LogP contribution >= 0.6 is 22.6 Å². The van der Waals surface area contributed by atoms with Crippen molar-refractivity contribution in [3.05, 3.63) is 29.8 Å². The van der Waals surface area contributed by atoms with E-state index in [0.717, 1.165) is 0 Å². The van der Waals surface area contributed by atoms with Crippen molar-refractivity contribution in [1.29, 1.82) is 5.26 Å². The summed E-state index contributed by atoms with van der Waals surface area (Å²) in [5.41, 5.74) is 0.447. The molecule has 0 bridgehead atoms. The fourth-order valence-corrected chi connectivity index (χ4v) is 2.63. The monoisotopic (exact) mass is 336 g/mol. The molecule has 0 saturated carbocycles. The third kappa shape index (κ3) is 3.44. The Balaban J connectivity index is 2.92. The number of sulfonamides is 1. The van der Waals surface area contributed by atoms with Crippen LogP contribution in [0.5, 0.6) is 0 Å². The predicted molar refractivity (Wildman–Crippen MR) is 65.2 cm³/mol. The van der Waals surface area contributed by atoms with E-state index in [0.29, 0.717) is 16.5 Å². The number of nitrogens with zero attached hydrogens (tertiary/aromatic N) is 1. The highest BCUT2D eigenvalue weighted by Gasteiger charge is 2.12. The Morgan fingerprint density at radius 1 is 1.33 bits per heavy atom. The van der Waals surface area contributed by atoms with E-state index in [9.17, 15) is 8.42 Å². The zero-order chi connectivity index (χ0) is 11.3. The van der Waals surface area contributed by atoms with E-state index in [4.69, 9.17) is 5.26 Å². The van der Waals surface area contributed by atoms with Crippen LogP contribution in [0.15, 0.2) is 29.2 Å². The summed E-state index contributed by atoms with van der Waals surface area (Å²) in [6, 6.07) is 7.75. The molecule has 0 aliphatic carbocycles. The van der Waals surface area contributed by atoms with Gasteiger partial charge in [0.1, 0.15) is 0 Å². The maximum absolute atomic E-state index is 11.6. The number of nitriles is 1. The molecule has 1 aromatic rings. The number of rotatable bonds is 4. The molecule has 6 heteroatoms. The van der Waals surface area contributed by atoms with E-state index in [1.807, 2.05) is 6.07 Å². The lowest BCUT2D eigenvalue weighted by atomic mass is 10.2. The minimum atomic E-state index is -3.41. The van der Waals surface area contributed by atoms with Gasteiger partial charge in [-0.2, -0.15) is 5.26 Å². The molecule has 0 amide bonds. The molecule has 0 radical (unpaired) electrons. The molecule has 0 aliphatic heterocycles. The van der Waals surface area contributed by atoms with Crippen molar-refractivity contribution in [2.75, 3.05) is 11.0 Å². The Hall–Kier alpha value is -0.650. The zero-order valence-corrected chi connectivity index (χ0v) is 10.7. The normalized spacial score (nSPS) is 10.9. The van der Waals surface area contributed by atoms with Gasteiger partial charge in [0.2, 0.25) is 10.0 Å². The van der Waals surface area contributed by atoms with Crippen molar-refractivity contribution in [3.63, 3.8) is 0 Å². The van der Waals surface area contributed by atoms with Gasteiger partial charge in [-0.25, -0.2) is 13.1 Å². The summed E-state index contributed by atoms with van der Waals surface area (Å²) in [5, 5.41) is 8.56. The SMILES string of the molecule is N#Cc1ccc(S(=O)(=O)NCCI)cc1. The van der Waals surface area contributed by atoms with E-state index < -0.39 is 10.0 Å². The lowest BCUT2D eigenvalue weighted by Crippen LogP contribution is -2.25. The highest BCUT2D eigenvalue weighted by Crippen LogP contribution is 2.09. The van der Waals surface area contributed by atoms with Crippen LogP contribution in [0.25, 0.3) is 0 Å². The van der Waals surface area contributed by atoms with Gasteiger partial charge in [-0.05, 0) is 24.3 Å². The Bertz CT molecular complexity index is 462. The topological polar surface area (TPSA) is 70.0 Å². The minimum absolute atomic E-state index is 0.186. The van der Waals surface area contributed by atoms with Crippen LogP contribution in [-0.2, 0) is 10.0 Å². The summed E-state index contributed by atoms with van der Waals surface area (Å²) in [6.07, 6.45) is 0. The van der Waals surface area contributed by atoms with Crippen molar-refractivity contribution in [3.8, 4) is 6.07 Å². The van der Waals surface area contributed by atoms with E-state index >= 15 is 0 Å². The molecule has 0 atom stereocenters. The quantitative estimate of drug-likeness (QED) is 0.665. The van der Waals surface area contributed by atoms with Gasteiger partial charge in [0.25, 0.3) is 0 Å². The number of alkyl halides is 1. The van der Waals surface area contributed by atoms with E-state index in [-0.39, 0.29) is 4.90 Å². The number of nitrogens with one attached hydrogen (secondary N) is 1. The second-order valence-electron chi connectivity index (χ2n) is 2.72. The van der Waals surface area contributed by atoms with Gasteiger partial charge in [-0.15, -0.1) is 0 Å². The largest absolute Gasteiger partial charge is 0.240 e. The first-order valence-corrected chi connectivity index (χ1v) is 7.17. The average Bonchev–Trinajstić information content (AvgIpc) is 2.26. The predicted octanol–water partition coefficient (Wildman–Crippen LogP) is 1.27. The van der Waals surface area contributed by atoms with Gasteiger partial charge < -0.3 is 0 Å². The fraction of sp³-hybridized carbons (Fsp3) is 0.222. The first-order chi connectivity index (χ1) is 7.10. The molecular formula is C9H9IN2O2S. The minimum Gasteiger partial charge on any atom is -0.210 e. The van der Waals surface area contributed by atoms with Gasteiger partial charge in [-0.3, -0.25) is 0 Å². The van der Waals surface area contributed by atoms with Crippen molar-refractivity contribution in [2.24, 2.45) is 0 Å². The Labute approximate surface area is 102 Å². The van der Waals surface area contributed by atoms with Crippen LogP contribution in [0.1, 0.15) is 5.56 Å². The lowest BCUT2D eigenvalue weighted by Gasteiger charge is -2.04. The second kappa shape index (κ2) is 5.44. The highest BCUT2D eigenvalue weighted by atomic mass is 127. The summed E-state index contributed by atoms with van der Waals surface area (Å²) >= 11 is 2.09. The van der Waals surface area contributed by atoms with Crippen LogP contribution < -0.4 is 4.72 Å². The standard InChI is InChI=1S/C9H9IN2O2S/c10-5-6-12-15(13,14)9-3-1-8(7-11)2-4-9/h1-4,12H,5-6H2. The Morgan fingerprint density at radius 3 is 2.40 bits per heavy atom. The van der Waals surface area contributed by atoms with Crippen molar-refractivity contribution in [2.45, 2.75) is 4.90 Å². The lowest BCUT2D eigenvalue weighted by molar-refractivity contribution is 0.584. The third-order valence-electron chi connectivity index (χ3n) is 1.68. The van der Waals surface area contributed by atoms with Crippen LogP contribution in [0, 0.1) is 11.3 Å². The zero-order valence-electron chi connectivity index (χ0n) is 7.77. The summed E-state index contributed by atoms with van der Waals surface area (Å²) < 4.78 is 26.3. The first kappa shape index (κ1) is 12.4. The van der Waals surface area contributed by atoms with E-state index in [1.54, 1.807) is 0 Å². The molecular weight excluding hydrogens is 327 g/mol. The second-order valence-corrected chi connectivity index (χ2v) is 5.57. The number of benzene rings is 1. The molecule has 1 rings (SSSR count). The van der Waals surface area contributed by atoms with Crippen LogP contribution in [0.2, 0.25) is 0 Å².